The molecule has 0 bridgehead atoms. The summed E-state index contributed by atoms with van der Waals surface area (Å²) in [6.07, 6.45) is 1.18. The molecule has 0 saturated heterocycles. The zero-order valence-corrected chi connectivity index (χ0v) is 14.6. The van der Waals surface area contributed by atoms with Crippen LogP contribution in [0.5, 0.6) is 0 Å². The van der Waals surface area contributed by atoms with E-state index in [1.165, 1.54) is 23.1 Å². The molecule has 23 heavy (non-hydrogen) atoms. The van der Waals surface area contributed by atoms with Gasteiger partial charge in [0.05, 0.1) is 11.0 Å². The highest BCUT2D eigenvalue weighted by Crippen LogP contribution is 2.24. The van der Waals surface area contributed by atoms with Gasteiger partial charge in [0.15, 0.2) is 0 Å². The van der Waals surface area contributed by atoms with Crippen LogP contribution in [0.4, 0.5) is 0 Å². The molecule has 0 spiro atoms. The number of hydrogen-bond donors (Lipinski definition) is 0. The van der Waals surface area contributed by atoms with E-state index in [1.807, 2.05) is 0 Å². The monoisotopic (exact) mass is 306 g/mol. The lowest BCUT2D eigenvalue weighted by Crippen LogP contribution is -2.06. The third kappa shape index (κ3) is 3.17. The topological polar surface area (TPSA) is 17.8 Å². The van der Waals surface area contributed by atoms with Gasteiger partial charge in [-0.05, 0) is 35.6 Å². The quantitative estimate of drug-likeness (QED) is 0.589. The molecule has 0 aliphatic carbocycles. The number of imidazole rings is 1. The van der Waals surface area contributed by atoms with Gasteiger partial charge in [0, 0.05) is 12.5 Å². The summed E-state index contributed by atoms with van der Waals surface area (Å²) < 4.78 is 2.36. The average Bonchev–Trinajstić information content (AvgIpc) is 2.94. The molecule has 2 heteroatoms. The van der Waals surface area contributed by atoms with E-state index in [-0.39, 0.29) is 0 Å². The lowest BCUT2D eigenvalue weighted by Gasteiger charge is -2.13. The van der Waals surface area contributed by atoms with Gasteiger partial charge in [-0.3, -0.25) is 0 Å². The smallest absolute Gasteiger partial charge is 0.112 e. The number of hydrogen-bond acceptors (Lipinski definition) is 1. The molecule has 0 aliphatic heterocycles. The van der Waals surface area contributed by atoms with Crippen molar-refractivity contribution in [3.8, 4) is 0 Å². The van der Waals surface area contributed by atoms with Gasteiger partial charge in [-0.1, -0.05) is 64.1 Å². The summed E-state index contributed by atoms with van der Waals surface area (Å²) in [5.74, 6) is 2.21. The third-order valence-corrected chi connectivity index (χ3v) is 4.70. The van der Waals surface area contributed by atoms with Crippen molar-refractivity contribution in [2.45, 2.75) is 52.5 Å². The third-order valence-electron chi connectivity index (χ3n) is 4.70. The number of rotatable bonds is 5. The molecule has 3 aromatic rings. The first-order chi connectivity index (χ1) is 11.1. The highest BCUT2D eigenvalue weighted by Gasteiger charge is 2.13. The predicted molar refractivity (Wildman–Crippen MR) is 98.1 cm³/mol. The molecule has 0 amide bonds. The minimum Gasteiger partial charge on any atom is -0.323 e. The molecule has 0 N–H and O–H groups in total. The molecule has 1 aromatic heterocycles. The average molecular weight is 306 g/mol. The lowest BCUT2D eigenvalue weighted by molar-refractivity contribution is 0.682. The van der Waals surface area contributed by atoms with Crippen LogP contribution in [0.25, 0.3) is 11.0 Å². The minimum atomic E-state index is 0.418. The lowest BCUT2D eigenvalue weighted by atomic mass is 9.97. The van der Waals surface area contributed by atoms with Crippen LogP contribution in [0.15, 0.2) is 48.5 Å². The second kappa shape index (κ2) is 6.57. The summed E-state index contributed by atoms with van der Waals surface area (Å²) >= 11 is 0. The summed E-state index contributed by atoms with van der Waals surface area (Å²) in [4.78, 5) is 4.83. The van der Waals surface area contributed by atoms with Gasteiger partial charge in [-0.2, -0.15) is 0 Å². The van der Waals surface area contributed by atoms with Crippen molar-refractivity contribution >= 4 is 11.0 Å². The Bertz CT molecular complexity index is 781. The first-order valence-corrected chi connectivity index (χ1v) is 8.64. The van der Waals surface area contributed by atoms with E-state index in [4.69, 9.17) is 4.98 Å². The summed E-state index contributed by atoms with van der Waals surface area (Å²) in [5, 5.41) is 0. The van der Waals surface area contributed by atoms with Crippen LogP contribution in [0.2, 0.25) is 0 Å². The number of para-hydroxylation sites is 2. The fourth-order valence-corrected chi connectivity index (χ4v) is 3.07. The number of aromatic nitrogens is 2. The summed E-state index contributed by atoms with van der Waals surface area (Å²) in [7, 11) is 0. The SMILES string of the molecule is CCC(C)c1ccc(Cn2c(C(C)C)nc3ccccc32)cc1. The molecular formula is C21H26N2. The Hall–Kier alpha value is -2.09. The molecule has 0 aliphatic rings. The summed E-state index contributed by atoms with van der Waals surface area (Å²) in [6, 6.07) is 17.5. The fraction of sp³-hybridized carbons (Fsp3) is 0.381. The summed E-state index contributed by atoms with van der Waals surface area (Å²) in [6.45, 7) is 9.84. The Morgan fingerprint density at radius 1 is 0.957 bits per heavy atom. The Morgan fingerprint density at radius 3 is 2.30 bits per heavy atom. The van der Waals surface area contributed by atoms with Gasteiger partial charge in [0.1, 0.15) is 5.82 Å². The van der Waals surface area contributed by atoms with E-state index in [1.54, 1.807) is 0 Å². The molecule has 1 atom stereocenters. The van der Waals surface area contributed by atoms with Gasteiger partial charge < -0.3 is 4.57 Å². The first-order valence-electron chi connectivity index (χ1n) is 8.64. The molecular weight excluding hydrogens is 280 g/mol. The Labute approximate surface area is 139 Å². The van der Waals surface area contributed by atoms with Gasteiger partial charge in [0.2, 0.25) is 0 Å². The maximum Gasteiger partial charge on any atom is 0.112 e. The second-order valence-corrected chi connectivity index (χ2v) is 6.75. The largest absolute Gasteiger partial charge is 0.323 e. The van der Waals surface area contributed by atoms with E-state index in [2.05, 4.69) is 80.8 Å². The molecule has 120 valence electrons. The molecule has 0 radical (unpaired) electrons. The minimum absolute atomic E-state index is 0.418. The van der Waals surface area contributed by atoms with Crippen LogP contribution in [0, 0.1) is 0 Å². The number of benzene rings is 2. The van der Waals surface area contributed by atoms with Crippen molar-refractivity contribution in [3.05, 3.63) is 65.5 Å². The number of nitrogens with zero attached hydrogens (tertiary/aromatic N) is 2. The summed E-state index contributed by atoms with van der Waals surface area (Å²) in [5.41, 5.74) is 5.08. The molecule has 1 heterocycles. The Morgan fingerprint density at radius 2 is 1.65 bits per heavy atom. The van der Waals surface area contributed by atoms with Gasteiger partial charge in [-0.25, -0.2) is 4.98 Å². The molecule has 2 nitrogen and oxygen atoms in total. The van der Waals surface area contributed by atoms with Crippen LogP contribution in [-0.2, 0) is 6.54 Å². The molecule has 0 fully saturated rings. The highest BCUT2D eigenvalue weighted by atomic mass is 15.1. The van der Waals surface area contributed by atoms with Crippen molar-refractivity contribution in [2.75, 3.05) is 0 Å². The van der Waals surface area contributed by atoms with Crippen LogP contribution < -0.4 is 0 Å². The van der Waals surface area contributed by atoms with Crippen LogP contribution in [-0.4, -0.2) is 9.55 Å². The van der Waals surface area contributed by atoms with E-state index in [0.29, 0.717) is 11.8 Å². The van der Waals surface area contributed by atoms with Crippen LogP contribution in [0.1, 0.15) is 62.9 Å². The standard InChI is InChI=1S/C21H26N2/c1-5-16(4)18-12-10-17(11-13-18)14-23-20-9-7-6-8-19(20)22-21(23)15(2)3/h6-13,15-16H,5,14H2,1-4H3. The van der Waals surface area contributed by atoms with E-state index >= 15 is 0 Å². The molecule has 0 saturated carbocycles. The van der Waals surface area contributed by atoms with Crippen LogP contribution >= 0.6 is 0 Å². The van der Waals surface area contributed by atoms with E-state index < -0.39 is 0 Å². The highest BCUT2D eigenvalue weighted by molar-refractivity contribution is 5.76. The Kier molecular flexibility index (Phi) is 4.51. The van der Waals surface area contributed by atoms with Gasteiger partial charge in [-0.15, -0.1) is 0 Å². The zero-order valence-electron chi connectivity index (χ0n) is 14.6. The molecule has 3 rings (SSSR count). The van der Waals surface area contributed by atoms with Gasteiger partial charge in [0.25, 0.3) is 0 Å². The predicted octanol–water partition coefficient (Wildman–Crippen LogP) is 5.72. The normalized spacial score (nSPS) is 12.9. The maximum atomic E-state index is 4.83. The zero-order chi connectivity index (χ0) is 16.4. The Balaban J connectivity index is 1.96. The van der Waals surface area contributed by atoms with E-state index in [9.17, 15) is 0 Å². The van der Waals surface area contributed by atoms with Crippen LogP contribution in [0.3, 0.4) is 0 Å². The van der Waals surface area contributed by atoms with Crippen molar-refractivity contribution in [1.82, 2.24) is 9.55 Å². The second-order valence-electron chi connectivity index (χ2n) is 6.75. The van der Waals surface area contributed by atoms with Crippen molar-refractivity contribution in [1.29, 1.82) is 0 Å². The first kappa shape index (κ1) is 15.8. The van der Waals surface area contributed by atoms with Crippen molar-refractivity contribution < 1.29 is 0 Å². The maximum absolute atomic E-state index is 4.83. The van der Waals surface area contributed by atoms with E-state index in [0.717, 1.165) is 17.9 Å². The van der Waals surface area contributed by atoms with Crippen molar-refractivity contribution in [2.24, 2.45) is 0 Å². The molecule has 1 unspecified atom stereocenters. The fourth-order valence-electron chi connectivity index (χ4n) is 3.07. The molecule has 2 aromatic carbocycles. The van der Waals surface area contributed by atoms with Crippen molar-refractivity contribution in [3.63, 3.8) is 0 Å². The number of fused-ring (bicyclic) bond motifs is 1. The van der Waals surface area contributed by atoms with Gasteiger partial charge >= 0.3 is 0 Å².